The van der Waals surface area contributed by atoms with Gasteiger partial charge in [0.2, 0.25) is 0 Å². The van der Waals surface area contributed by atoms with E-state index in [1.165, 1.54) is 64.5 Å². The second-order valence-corrected chi connectivity index (χ2v) is 13.0. The molecule has 4 aliphatic rings. The number of amides is 2. The Kier molecular flexibility index (Phi) is 8.43. The summed E-state index contributed by atoms with van der Waals surface area (Å²) in [6, 6.07) is 18.8. The van der Waals surface area contributed by atoms with E-state index in [0.29, 0.717) is 33.8 Å². The lowest BCUT2D eigenvalue weighted by atomic mass is 9.48. The SMILES string of the molecule is COc1cc(/C=N\NC(=O)c2cc(Br)ccc2OC)ccc1OCC(=O)Nc1ccc(C23CC4CC(CC(C4)C2)C3)cc1. The summed E-state index contributed by atoms with van der Waals surface area (Å²) in [5.41, 5.74) is 6.07. The van der Waals surface area contributed by atoms with Gasteiger partial charge in [-0.25, -0.2) is 5.43 Å². The normalized spacial score (nSPS) is 23.7. The van der Waals surface area contributed by atoms with E-state index in [1.807, 2.05) is 12.1 Å². The molecule has 0 atom stereocenters. The molecule has 3 aromatic carbocycles. The number of hydrogen-bond donors (Lipinski definition) is 2. The van der Waals surface area contributed by atoms with Gasteiger partial charge in [-0.05, 0) is 121 Å². The summed E-state index contributed by atoms with van der Waals surface area (Å²) in [4.78, 5) is 25.3. The molecule has 4 saturated carbocycles. The van der Waals surface area contributed by atoms with Crippen molar-refractivity contribution in [3.8, 4) is 17.2 Å². The molecular weight excluding hydrogens is 610 g/mol. The monoisotopic (exact) mass is 645 g/mol. The fourth-order valence-electron chi connectivity index (χ4n) is 7.68. The first-order chi connectivity index (χ1) is 20.8. The van der Waals surface area contributed by atoms with E-state index in [0.717, 1.165) is 27.9 Å². The highest BCUT2D eigenvalue weighted by molar-refractivity contribution is 9.10. The Hall–Kier alpha value is -3.85. The molecule has 0 unspecified atom stereocenters. The third-order valence-electron chi connectivity index (χ3n) is 9.15. The number of benzene rings is 3. The van der Waals surface area contributed by atoms with Gasteiger partial charge in [0.1, 0.15) is 5.75 Å². The molecule has 4 bridgehead atoms. The Bertz CT molecular complexity index is 1500. The molecule has 2 N–H and O–H groups in total. The van der Waals surface area contributed by atoms with Crippen molar-refractivity contribution in [3.05, 3.63) is 81.8 Å². The average Bonchev–Trinajstić information content (AvgIpc) is 3.00. The van der Waals surface area contributed by atoms with E-state index in [9.17, 15) is 9.59 Å². The Morgan fingerprint density at radius 2 is 1.53 bits per heavy atom. The maximum atomic E-state index is 12.7. The number of methoxy groups -OCH3 is 2. The topological polar surface area (TPSA) is 98.2 Å². The number of nitrogens with zero attached hydrogens (tertiary/aromatic N) is 1. The van der Waals surface area contributed by atoms with Crippen LogP contribution in [0, 0.1) is 17.8 Å². The molecule has 2 amide bonds. The van der Waals surface area contributed by atoms with Gasteiger partial charge in [-0.15, -0.1) is 0 Å². The highest BCUT2D eigenvalue weighted by Crippen LogP contribution is 2.60. The number of carbonyl (C=O) groups excluding carboxylic acids is 2. The summed E-state index contributed by atoms with van der Waals surface area (Å²) >= 11 is 3.36. The molecule has 0 heterocycles. The van der Waals surface area contributed by atoms with Crippen molar-refractivity contribution in [2.45, 2.75) is 43.9 Å². The van der Waals surface area contributed by atoms with Crippen molar-refractivity contribution in [1.82, 2.24) is 5.43 Å². The maximum Gasteiger partial charge on any atom is 0.275 e. The van der Waals surface area contributed by atoms with Crippen LogP contribution in [0.15, 0.2) is 70.2 Å². The highest BCUT2D eigenvalue weighted by atomic mass is 79.9. The third kappa shape index (κ3) is 6.42. The largest absolute Gasteiger partial charge is 0.496 e. The quantitative estimate of drug-likeness (QED) is 0.188. The van der Waals surface area contributed by atoms with Gasteiger partial charge >= 0.3 is 0 Å². The molecule has 0 spiro atoms. The highest BCUT2D eigenvalue weighted by Gasteiger charge is 2.51. The van der Waals surface area contributed by atoms with Crippen LogP contribution in [-0.2, 0) is 10.2 Å². The number of carbonyl (C=O) groups is 2. The fraction of sp³-hybridized carbons (Fsp3) is 0.382. The fourth-order valence-corrected chi connectivity index (χ4v) is 8.04. The summed E-state index contributed by atoms with van der Waals surface area (Å²) in [5, 5.41) is 7.00. The van der Waals surface area contributed by atoms with Gasteiger partial charge in [-0.2, -0.15) is 5.10 Å². The summed E-state index contributed by atoms with van der Waals surface area (Å²) in [6.45, 7) is -0.162. The van der Waals surface area contributed by atoms with Crippen molar-refractivity contribution in [3.63, 3.8) is 0 Å². The molecule has 0 aromatic heterocycles. The Morgan fingerprint density at radius 1 is 0.884 bits per heavy atom. The van der Waals surface area contributed by atoms with Crippen LogP contribution >= 0.6 is 15.9 Å². The first-order valence-corrected chi connectivity index (χ1v) is 15.5. The molecule has 43 heavy (non-hydrogen) atoms. The predicted octanol–water partition coefficient (Wildman–Crippen LogP) is 6.72. The van der Waals surface area contributed by atoms with Crippen molar-refractivity contribution in [1.29, 1.82) is 0 Å². The molecular formula is C34H36BrN3O5. The minimum Gasteiger partial charge on any atom is -0.496 e. The second-order valence-electron chi connectivity index (χ2n) is 12.1. The van der Waals surface area contributed by atoms with E-state index in [2.05, 4.69) is 43.9 Å². The maximum absolute atomic E-state index is 12.7. The van der Waals surface area contributed by atoms with Gasteiger partial charge in [-0.1, -0.05) is 28.1 Å². The number of hydrogen-bond acceptors (Lipinski definition) is 6. The molecule has 3 aromatic rings. The standard InChI is InChI=1S/C34H36BrN3O5/c1-41-29-10-6-26(35)15-28(29)33(40)38-36-19-21-3-9-30(31(14-21)42-2)43-20-32(39)37-27-7-4-25(5-8-27)34-16-22-11-23(17-34)13-24(12-22)18-34/h3-10,14-15,19,22-24H,11-13,16-18,20H2,1-2H3,(H,37,39)(H,38,40)/b36-19-. The number of anilines is 1. The Balaban J connectivity index is 1.02. The van der Waals surface area contributed by atoms with E-state index < -0.39 is 5.91 Å². The zero-order valence-electron chi connectivity index (χ0n) is 24.4. The zero-order valence-corrected chi connectivity index (χ0v) is 26.0. The average molecular weight is 647 g/mol. The van der Waals surface area contributed by atoms with Crippen LogP contribution in [0.3, 0.4) is 0 Å². The zero-order chi connectivity index (χ0) is 30.0. The van der Waals surface area contributed by atoms with Crippen LogP contribution in [0.2, 0.25) is 0 Å². The van der Waals surface area contributed by atoms with E-state index in [-0.39, 0.29) is 12.5 Å². The van der Waals surface area contributed by atoms with Crippen LogP contribution < -0.4 is 25.0 Å². The third-order valence-corrected chi connectivity index (χ3v) is 9.64. The van der Waals surface area contributed by atoms with Crippen molar-refractivity contribution in [2.24, 2.45) is 22.9 Å². The van der Waals surface area contributed by atoms with Gasteiger partial charge in [0.05, 0.1) is 26.0 Å². The van der Waals surface area contributed by atoms with Gasteiger partial charge in [-0.3, -0.25) is 9.59 Å². The van der Waals surface area contributed by atoms with Crippen LogP contribution in [0.4, 0.5) is 5.69 Å². The number of nitrogens with one attached hydrogen (secondary N) is 2. The molecule has 0 radical (unpaired) electrons. The van der Waals surface area contributed by atoms with Crippen molar-refractivity contribution in [2.75, 3.05) is 26.1 Å². The molecule has 0 saturated heterocycles. The molecule has 9 heteroatoms. The minimum atomic E-state index is -0.408. The van der Waals surface area contributed by atoms with Crippen LogP contribution in [0.1, 0.15) is 60.0 Å². The van der Waals surface area contributed by atoms with Crippen molar-refractivity contribution < 1.29 is 23.8 Å². The predicted molar refractivity (Wildman–Crippen MR) is 169 cm³/mol. The van der Waals surface area contributed by atoms with Gasteiger partial charge in [0.15, 0.2) is 18.1 Å². The summed E-state index contributed by atoms with van der Waals surface area (Å²) in [6.07, 6.45) is 9.73. The van der Waals surface area contributed by atoms with Crippen LogP contribution in [-0.4, -0.2) is 38.9 Å². The lowest BCUT2D eigenvalue weighted by molar-refractivity contribution is -0.118. The number of halogens is 1. The van der Waals surface area contributed by atoms with E-state index >= 15 is 0 Å². The lowest BCUT2D eigenvalue weighted by Gasteiger charge is -2.57. The first-order valence-electron chi connectivity index (χ1n) is 14.7. The first kappa shape index (κ1) is 29.2. The molecule has 0 aliphatic heterocycles. The minimum absolute atomic E-state index is 0.162. The van der Waals surface area contributed by atoms with Crippen molar-refractivity contribution >= 4 is 39.6 Å². The summed E-state index contributed by atoms with van der Waals surface area (Å²) in [5.74, 6) is 3.34. The smallest absolute Gasteiger partial charge is 0.275 e. The van der Waals surface area contributed by atoms with Crippen LogP contribution in [0.5, 0.6) is 17.2 Å². The molecule has 8 nitrogen and oxygen atoms in total. The summed E-state index contributed by atoms with van der Waals surface area (Å²) < 4.78 is 17.2. The van der Waals surface area contributed by atoms with Gasteiger partial charge < -0.3 is 19.5 Å². The number of ether oxygens (including phenoxy) is 3. The van der Waals surface area contributed by atoms with Gasteiger partial charge in [0, 0.05) is 10.2 Å². The van der Waals surface area contributed by atoms with E-state index in [4.69, 9.17) is 14.2 Å². The lowest BCUT2D eigenvalue weighted by Crippen LogP contribution is -2.48. The molecule has 224 valence electrons. The van der Waals surface area contributed by atoms with Crippen LogP contribution in [0.25, 0.3) is 0 Å². The Morgan fingerprint density at radius 3 is 2.19 bits per heavy atom. The van der Waals surface area contributed by atoms with E-state index in [1.54, 1.807) is 36.4 Å². The second kappa shape index (κ2) is 12.4. The number of hydrazone groups is 1. The van der Waals surface area contributed by atoms with Gasteiger partial charge in [0.25, 0.3) is 11.8 Å². The summed E-state index contributed by atoms with van der Waals surface area (Å²) in [7, 11) is 3.03. The number of rotatable bonds is 10. The molecule has 4 aliphatic carbocycles. The molecule has 4 fully saturated rings. The molecule has 7 rings (SSSR count). The Labute approximate surface area is 260 Å².